The van der Waals surface area contributed by atoms with E-state index in [-0.39, 0.29) is 10.8 Å². The Morgan fingerprint density at radius 1 is 1.10 bits per heavy atom. The van der Waals surface area contributed by atoms with Gasteiger partial charge in [-0.15, -0.1) is 0 Å². The Morgan fingerprint density at radius 3 is 2.25 bits per heavy atom. The molecule has 1 aliphatic heterocycles. The van der Waals surface area contributed by atoms with Gasteiger partial charge in [0.1, 0.15) is 0 Å². The van der Waals surface area contributed by atoms with Gasteiger partial charge in [0.2, 0.25) is 15.9 Å². The summed E-state index contributed by atoms with van der Waals surface area (Å²) < 4.78 is 22.3. The number of amides is 1. The predicted molar refractivity (Wildman–Crippen MR) is 76.6 cm³/mol. The highest BCUT2D eigenvalue weighted by molar-refractivity contribution is 7.89. The van der Waals surface area contributed by atoms with E-state index in [2.05, 4.69) is 0 Å². The summed E-state index contributed by atoms with van der Waals surface area (Å²) in [4.78, 5) is 14.0. The molecule has 0 bridgehead atoms. The molecule has 0 radical (unpaired) electrons. The third kappa shape index (κ3) is 4.05. The second kappa shape index (κ2) is 6.37. The number of carbonyl (C=O) groups excluding carboxylic acids is 1. The van der Waals surface area contributed by atoms with Crippen molar-refractivity contribution in [3.8, 4) is 0 Å². The summed E-state index contributed by atoms with van der Waals surface area (Å²) in [5.41, 5.74) is 0.947. The normalized spacial score (nSPS) is 16.1. The van der Waals surface area contributed by atoms with Crippen molar-refractivity contribution in [1.82, 2.24) is 4.90 Å². The van der Waals surface area contributed by atoms with Gasteiger partial charge in [-0.1, -0.05) is 12.1 Å². The van der Waals surface area contributed by atoms with Crippen LogP contribution in [0.25, 0.3) is 0 Å². The second-order valence-corrected chi connectivity index (χ2v) is 6.69. The molecule has 0 aromatic heterocycles. The highest BCUT2D eigenvalue weighted by Crippen LogP contribution is 2.13. The maximum Gasteiger partial charge on any atom is 0.238 e. The molecule has 1 heterocycles. The first kappa shape index (κ1) is 15.0. The van der Waals surface area contributed by atoms with Crippen LogP contribution in [-0.2, 0) is 21.2 Å². The summed E-state index contributed by atoms with van der Waals surface area (Å²) in [6.45, 7) is 1.73. The smallest absolute Gasteiger partial charge is 0.238 e. The van der Waals surface area contributed by atoms with Crippen molar-refractivity contribution in [3.63, 3.8) is 0 Å². The van der Waals surface area contributed by atoms with E-state index in [0.717, 1.165) is 31.5 Å². The fourth-order valence-corrected chi connectivity index (χ4v) is 2.91. The number of aryl methyl sites for hydroxylation is 1. The van der Waals surface area contributed by atoms with Crippen molar-refractivity contribution >= 4 is 15.9 Å². The van der Waals surface area contributed by atoms with Crippen LogP contribution in [0.3, 0.4) is 0 Å². The van der Waals surface area contributed by atoms with E-state index in [4.69, 9.17) is 5.14 Å². The molecule has 0 atom stereocenters. The average Bonchev–Trinajstić information content (AvgIpc) is 2.45. The largest absolute Gasteiger partial charge is 0.343 e. The second-order valence-electron chi connectivity index (χ2n) is 5.13. The van der Waals surface area contributed by atoms with Gasteiger partial charge in [-0.3, -0.25) is 4.79 Å². The Labute approximate surface area is 119 Å². The summed E-state index contributed by atoms with van der Waals surface area (Å²) in [7, 11) is -3.64. The fourth-order valence-electron chi connectivity index (χ4n) is 2.40. The number of nitrogens with zero attached hydrogens (tertiary/aromatic N) is 1. The standard InChI is InChI=1S/C14H20N2O3S/c15-20(18,19)13-7-4-12(5-8-13)6-9-14(17)16-10-2-1-3-11-16/h4-5,7-8H,1-3,6,9-11H2,(H2,15,18,19). The molecule has 110 valence electrons. The molecule has 2 rings (SSSR count). The maximum absolute atomic E-state index is 12.0. The molecule has 1 aliphatic rings. The first-order valence-electron chi connectivity index (χ1n) is 6.86. The number of hydrogen-bond acceptors (Lipinski definition) is 3. The Kier molecular flexibility index (Phi) is 4.77. The van der Waals surface area contributed by atoms with E-state index in [1.165, 1.54) is 18.6 Å². The van der Waals surface area contributed by atoms with Gasteiger partial charge >= 0.3 is 0 Å². The summed E-state index contributed by atoms with van der Waals surface area (Å²) in [5, 5.41) is 5.04. The van der Waals surface area contributed by atoms with Gasteiger partial charge in [0, 0.05) is 19.5 Å². The molecule has 1 fully saturated rings. The Morgan fingerprint density at radius 2 is 1.70 bits per heavy atom. The van der Waals surface area contributed by atoms with Gasteiger partial charge in [-0.2, -0.15) is 0 Å². The SMILES string of the molecule is NS(=O)(=O)c1ccc(CCC(=O)N2CCCCC2)cc1. The van der Waals surface area contributed by atoms with Crippen LogP contribution in [0.1, 0.15) is 31.2 Å². The van der Waals surface area contributed by atoms with Crippen LogP contribution < -0.4 is 5.14 Å². The summed E-state index contributed by atoms with van der Waals surface area (Å²) in [6, 6.07) is 6.39. The molecule has 1 aromatic carbocycles. The molecular formula is C14H20N2O3S. The van der Waals surface area contributed by atoms with Crippen molar-refractivity contribution in [1.29, 1.82) is 0 Å². The Bertz CT molecular complexity index is 561. The quantitative estimate of drug-likeness (QED) is 0.908. The summed E-state index contributed by atoms with van der Waals surface area (Å²) in [6.07, 6.45) is 4.48. The van der Waals surface area contributed by atoms with Crippen LogP contribution in [0.2, 0.25) is 0 Å². The number of rotatable bonds is 4. The molecule has 5 nitrogen and oxygen atoms in total. The molecule has 1 aromatic rings. The number of likely N-dealkylation sites (tertiary alicyclic amines) is 1. The zero-order valence-corrected chi connectivity index (χ0v) is 12.2. The van der Waals surface area contributed by atoms with E-state index >= 15 is 0 Å². The van der Waals surface area contributed by atoms with Crippen LogP contribution in [0, 0.1) is 0 Å². The number of piperidine rings is 1. The van der Waals surface area contributed by atoms with E-state index < -0.39 is 10.0 Å². The molecule has 1 saturated heterocycles. The molecule has 0 spiro atoms. The molecule has 0 saturated carbocycles. The van der Waals surface area contributed by atoms with Crippen LogP contribution in [0.15, 0.2) is 29.2 Å². The van der Waals surface area contributed by atoms with Crippen molar-refractivity contribution < 1.29 is 13.2 Å². The minimum Gasteiger partial charge on any atom is -0.343 e. The maximum atomic E-state index is 12.0. The van der Waals surface area contributed by atoms with Crippen LogP contribution >= 0.6 is 0 Å². The van der Waals surface area contributed by atoms with E-state index in [9.17, 15) is 13.2 Å². The topological polar surface area (TPSA) is 80.5 Å². The number of sulfonamides is 1. The Balaban J connectivity index is 1.89. The lowest BCUT2D eigenvalue weighted by Crippen LogP contribution is -2.35. The molecule has 6 heteroatoms. The number of carbonyl (C=O) groups is 1. The average molecular weight is 296 g/mol. The van der Waals surface area contributed by atoms with Gasteiger partial charge in [0.25, 0.3) is 0 Å². The van der Waals surface area contributed by atoms with Crippen molar-refractivity contribution in [2.45, 2.75) is 37.0 Å². The number of benzene rings is 1. The lowest BCUT2D eigenvalue weighted by atomic mass is 10.1. The van der Waals surface area contributed by atoms with Gasteiger partial charge in [0.15, 0.2) is 0 Å². The van der Waals surface area contributed by atoms with Crippen molar-refractivity contribution in [3.05, 3.63) is 29.8 Å². The Hall–Kier alpha value is -1.40. The van der Waals surface area contributed by atoms with Crippen molar-refractivity contribution in [2.75, 3.05) is 13.1 Å². The number of nitrogens with two attached hydrogens (primary N) is 1. The van der Waals surface area contributed by atoms with E-state index in [1.54, 1.807) is 12.1 Å². The highest BCUT2D eigenvalue weighted by atomic mass is 32.2. The third-order valence-corrected chi connectivity index (χ3v) is 4.52. The molecule has 0 aliphatic carbocycles. The van der Waals surface area contributed by atoms with Gasteiger partial charge < -0.3 is 4.90 Å². The zero-order valence-electron chi connectivity index (χ0n) is 11.4. The molecular weight excluding hydrogens is 276 g/mol. The minimum absolute atomic E-state index is 0.101. The van der Waals surface area contributed by atoms with E-state index in [1.807, 2.05) is 4.90 Å². The zero-order chi connectivity index (χ0) is 14.6. The molecule has 20 heavy (non-hydrogen) atoms. The van der Waals surface area contributed by atoms with E-state index in [0.29, 0.717) is 12.8 Å². The summed E-state index contributed by atoms with van der Waals surface area (Å²) in [5.74, 6) is 0.181. The van der Waals surface area contributed by atoms with Crippen LogP contribution in [-0.4, -0.2) is 32.3 Å². The fraction of sp³-hybridized carbons (Fsp3) is 0.500. The number of primary sulfonamides is 1. The van der Waals surface area contributed by atoms with Gasteiger partial charge in [0.05, 0.1) is 4.90 Å². The van der Waals surface area contributed by atoms with Crippen molar-refractivity contribution in [2.24, 2.45) is 5.14 Å². The van der Waals surface area contributed by atoms with Crippen LogP contribution in [0.4, 0.5) is 0 Å². The minimum atomic E-state index is -3.64. The van der Waals surface area contributed by atoms with Gasteiger partial charge in [-0.05, 0) is 43.4 Å². The monoisotopic (exact) mass is 296 g/mol. The highest BCUT2D eigenvalue weighted by Gasteiger charge is 2.16. The lowest BCUT2D eigenvalue weighted by molar-refractivity contribution is -0.132. The lowest BCUT2D eigenvalue weighted by Gasteiger charge is -2.26. The summed E-state index contributed by atoms with van der Waals surface area (Å²) >= 11 is 0. The number of hydrogen-bond donors (Lipinski definition) is 1. The third-order valence-electron chi connectivity index (χ3n) is 3.59. The predicted octanol–water partition coefficient (Wildman–Crippen LogP) is 1.28. The first-order chi connectivity index (χ1) is 9.47. The molecule has 2 N–H and O–H groups in total. The van der Waals surface area contributed by atoms with Crippen LogP contribution in [0.5, 0.6) is 0 Å². The van der Waals surface area contributed by atoms with Gasteiger partial charge in [-0.25, -0.2) is 13.6 Å². The molecule has 0 unspecified atom stereocenters. The first-order valence-corrected chi connectivity index (χ1v) is 8.41. The molecule has 1 amide bonds.